The second-order valence-electron chi connectivity index (χ2n) is 9.58. The van der Waals surface area contributed by atoms with E-state index in [1.54, 1.807) is 0 Å². The Morgan fingerprint density at radius 2 is 1.80 bits per heavy atom. The number of hydrogen-bond donors (Lipinski definition) is 1. The van der Waals surface area contributed by atoms with Gasteiger partial charge in [-0.1, -0.05) is 71.2 Å². The predicted octanol–water partition coefficient (Wildman–Crippen LogP) is 6.27. The van der Waals surface area contributed by atoms with Gasteiger partial charge in [0.15, 0.2) is 5.78 Å². The molecule has 4 nitrogen and oxygen atoms in total. The summed E-state index contributed by atoms with van der Waals surface area (Å²) >= 11 is 0. The number of aromatic nitrogens is 1. The highest BCUT2D eigenvalue weighted by atomic mass is 16.5. The van der Waals surface area contributed by atoms with Crippen molar-refractivity contribution in [1.29, 1.82) is 0 Å². The molecule has 0 saturated carbocycles. The summed E-state index contributed by atoms with van der Waals surface area (Å²) in [5.74, 6) is -0.107. The van der Waals surface area contributed by atoms with Crippen molar-refractivity contribution in [2.45, 2.75) is 84.5 Å². The van der Waals surface area contributed by atoms with E-state index in [0.29, 0.717) is 24.3 Å². The third-order valence-electron chi connectivity index (χ3n) is 6.17. The maximum Gasteiger partial charge on any atom is 0.355 e. The first-order chi connectivity index (χ1) is 14.2. The second kappa shape index (κ2) is 9.20. The van der Waals surface area contributed by atoms with Gasteiger partial charge >= 0.3 is 5.97 Å². The molecule has 1 heterocycles. The number of rotatable bonds is 7. The highest BCUT2D eigenvalue weighted by molar-refractivity contribution is 6.03. The summed E-state index contributed by atoms with van der Waals surface area (Å²) in [6.45, 7) is 11.0. The third kappa shape index (κ3) is 4.85. The minimum Gasteiger partial charge on any atom is -0.461 e. The fourth-order valence-electron chi connectivity index (χ4n) is 4.29. The maximum absolute atomic E-state index is 12.9. The number of H-pyrrole nitrogens is 1. The lowest BCUT2D eigenvalue weighted by Crippen LogP contribution is -2.19. The highest BCUT2D eigenvalue weighted by Crippen LogP contribution is 2.36. The van der Waals surface area contributed by atoms with Gasteiger partial charge in [-0.3, -0.25) is 4.79 Å². The van der Waals surface area contributed by atoms with E-state index in [4.69, 9.17) is 4.74 Å². The van der Waals surface area contributed by atoms with E-state index < -0.39 is 0 Å². The monoisotopic (exact) mass is 409 g/mol. The number of carbonyl (C=O) groups excluding carboxylic acids is 2. The number of fused-ring (bicyclic) bond motifs is 1. The van der Waals surface area contributed by atoms with E-state index in [-0.39, 0.29) is 23.1 Å². The van der Waals surface area contributed by atoms with Gasteiger partial charge in [-0.15, -0.1) is 0 Å². The Kier molecular flexibility index (Phi) is 6.84. The largest absolute Gasteiger partial charge is 0.461 e. The number of nitrogens with one attached hydrogen (secondary N) is 1. The minimum absolute atomic E-state index is 0.108. The van der Waals surface area contributed by atoms with Gasteiger partial charge in [-0.25, -0.2) is 4.79 Å². The van der Waals surface area contributed by atoms with Gasteiger partial charge in [0.2, 0.25) is 0 Å². The molecule has 0 radical (unpaired) electrons. The number of aromatic amines is 1. The zero-order valence-corrected chi connectivity index (χ0v) is 19.1. The van der Waals surface area contributed by atoms with Gasteiger partial charge < -0.3 is 9.72 Å². The number of Topliss-reactive ketones (excluding diaryl/α,β-unsaturated/α-hetero) is 1. The maximum atomic E-state index is 12.9. The molecule has 162 valence electrons. The first-order valence-corrected chi connectivity index (χ1v) is 11.2. The lowest BCUT2D eigenvalue weighted by atomic mass is 9.80. The molecule has 1 aromatic heterocycles. The molecule has 0 unspecified atom stereocenters. The Balaban J connectivity index is 1.73. The Labute approximate surface area is 180 Å². The van der Waals surface area contributed by atoms with Crippen molar-refractivity contribution in [3.8, 4) is 0 Å². The number of carbonyl (C=O) groups is 2. The molecule has 1 aliphatic rings. The van der Waals surface area contributed by atoms with E-state index in [9.17, 15) is 9.59 Å². The van der Waals surface area contributed by atoms with Crippen LogP contribution in [0.2, 0.25) is 0 Å². The van der Waals surface area contributed by atoms with Crippen molar-refractivity contribution in [3.05, 3.63) is 57.9 Å². The molecule has 1 atom stereocenters. The smallest absolute Gasteiger partial charge is 0.355 e. The number of ether oxygens (including phenoxy) is 1. The number of hydrogen-bond acceptors (Lipinski definition) is 3. The number of benzene rings is 1. The van der Waals surface area contributed by atoms with Crippen LogP contribution in [0.3, 0.4) is 0 Å². The van der Waals surface area contributed by atoms with E-state index in [1.165, 1.54) is 11.1 Å². The molecule has 4 heteroatoms. The first-order valence-electron chi connectivity index (χ1n) is 11.2. The SMILES string of the molecule is CCCCCCOC(=O)c1[nH]c2c(c1C)C(=O)C[C@H](c1ccc(C(C)(C)C)cc1)C2. The van der Waals surface area contributed by atoms with Crippen LogP contribution in [0.15, 0.2) is 24.3 Å². The molecule has 0 aliphatic heterocycles. The Morgan fingerprint density at radius 1 is 1.10 bits per heavy atom. The minimum atomic E-state index is -0.350. The summed E-state index contributed by atoms with van der Waals surface area (Å²) < 4.78 is 5.44. The molecular formula is C26H35NO3. The molecule has 1 aromatic carbocycles. The van der Waals surface area contributed by atoms with Crippen LogP contribution in [0, 0.1) is 6.92 Å². The van der Waals surface area contributed by atoms with Crippen molar-refractivity contribution < 1.29 is 14.3 Å². The molecule has 0 fully saturated rings. The van der Waals surface area contributed by atoms with Crippen LogP contribution in [0.1, 0.15) is 109 Å². The quantitative estimate of drug-likeness (QED) is 0.433. The Bertz CT molecular complexity index is 900. The zero-order chi connectivity index (χ0) is 21.9. The zero-order valence-electron chi connectivity index (χ0n) is 19.1. The molecular weight excluding hydrogens is 374 g/mol. The molecule has 3 rings (SSSR count). The third-order valence-corrected chi connectivity index (χ3v) is 6.17. The average Bonchev–Trinajstić information content (AvgIpc) is 3.04. The lowest BCUT2D eigenvalue weighted by Gasteiger charge is -2.24. The molecule has 2 aromatic rings. The number of ketones is 1. The standard InChI is InChI=1S/C26H35NO3/c1-6-7-8-9-14-30-25(29)24-17(2)23-21(27-24)15-19(16-22(23)28)18-10-12-20(13-11-18)26(3,4)5/h10-13,19,27H,6-9,14-16H2,1-5H3/t19-/m1/s1. The fraction of sp³-hybridized carbons (Fsp3) is 0.538. The number of unbranched alkanes of at least 4 members (excludes halogenated alkanes) is 3. The molecule has 30 heavy (non-hydrogen) atoms. The summed E-state index contributed by atoms with van der Waals surface area (Å²) in [6, 6.07) is 8.61. The van der Waals surface area contributed by atoms with Crippen LogP contribution < -0.4 is 0 Å². The second-order valence-corrected chi connectivity index (χ2v) is 9.58. The van der Waals surface area contributed by atoms with Crippen molar-refractivity contribution >= 4 is 11.8 Å². The Morgan fingerprint density at radius 3 is 2.43 bits per heavy atom. The molecule has 1 aliphatic carbocycles. The predicted molar refractivity (Wildman–Crippen MR) is 120 cm³/mol. The Hall–Kier alpha value is -2.36. The molecule has 0 spiro atoms. The summed E-state index contributed by atoms with van der Waals surface area (Å²) in [4.78, 5) is 28.7. The van der Waals surface area contributed by atoms with Crippen molar-refractivity contribution in [3.63, 3.8) is 0 Å². The fourth-order valence-corrected chi connectivity index (χ4v) is 4.29. The van der Waals surface area contributed by atoms with E-state index in [2.05, 4.69) is 56.9 Å². The summed E-state index contributed by atoms with van der Waals surface area (Å²) in [5.41, 5.74) is 5.30. The summed E-state index contributed by atoms with van der Waals surface area (Å²) in [7, 11) is 0. The van der Waals surface area contributed by atoms with E-state index in [1.807, 2.05) is 6.92 Å². The van der Waals surface area contributed by atoms with Gasteiger partial charge in [0.1, 0.15) is 5.69 Å². The van der Waals surface area contributed by atoms with E-state index in [0.717, 1.165) is 43.4 Å². The van der Waals surface area contributed by atoms with Crippen LogP contribution in [-0.2, 0) is 16.6 Å². The number of esters is 1. The molecule has 0 saturated heterocycles. The van der Waals surface area contributed by atoms with Crippen LogP contribution >= 0.6 is 0 Å². The average molecular weight is 410 g/mol. The summed E-state index contributed by atoms with van der Waals surface area (Å²) in [5, 5.41) is 0. The van der Waals surface area contributed by atoms with Gasteiger partial charge in [0, 0.05) is 17.7 Å². The summed E-state index contributed by atoms with van der Waals surface area (Å²) in [6.07, 6.45) is 5.47. The topological polar surface area (TPSA) is 59.2 Å². The van der Waals surface area contributed by atoms with Crippen molar-refractivity contribution in [2.75, 3.05) is 6.61 Å². The van der Waals surface area contributed by atoms with Crippen LogP contribution in [0.4, 0.5) is 0 Å². The van der Waals surface area contributed by atoms with Crippen LogP contribution in [0.25, 0.3) is 0 Å². The van der Waals surface area contributed by atoms with E-state index >= 15 is 0 Å². The van der Waals surface area contributed by atoms with Gasteiger partial charge in [-0.2, -0.15) is 0 Å². The normalized spacial score (nSPS) is 16.4. The van der Waals surface area contributed by atoms with Gasteiger partial charge in [0.05, 0.1) is 6.61 Å². The van der Waals surface area contributed by atoms with Crippen LogP contribution in [0.5, 0.6) is 0 Å². The highest BCUT2D eigenvalue weighted by Gasteiger charge is 2.32. The van der Waals surface area contributed by atoms with Gasteiger partial charge in [-0.05, 0) is 47.8 Å². The van der Waals surface area contributed by atoms with Crippen molar-refractivity contribution in [1.82, 2.24) is 4.98 Å². The first kappa shape index (κ1) is 22.3. The van der Waals surface area contributed by atoms with Gasteiger partial charge in [0.25, 0.3) is 0 Å². The molecule has 1 N–H and O–H groups in total. The van der Waals surface area contributed by atoms with Crippen molar-refractivity contribution in [2.24, 2.45) is 0 Å². The molecule has 0 bridgehead atoms. The lowest BCUT2D eigenvalue weighted by molar-refractivity contribution is 0.0490. The molecule has 0 amide bonds. The van der Waals surface area contributed by atoms with Crippen LogP contribution in [-0.4, -0.2) is 23.3 Å².